The van der Waals surface area contributed by atoms with Crippen LogP contribution >= 0.6 is 0 Å². The molecule has 3 rings (SSSR count). The van der Waals surface area contributed by atoms with Crippen LogP contribution < -0.4 is 5.32 Å². The first-order valence-corrected chi connectivity index (χ1v) is 8.00. The first kappa shape index (κ1) is 15.7. The third-order valence-electron chi connectivity index (χ3n) is 4.43. The van der Waals surface area contributed by atoms with Gasteiger partial charge in [0.05, 0.1) is 5.69 Å². The molecule has 0 saturated heterocycles. The van der Waals surface area contributed by atoms with Gasteiger partial charge in [-0.25, -0.2) is 8.78 Å². The zero-order chi connectivity index (χ0) is 16.2. The average molecular weight is 315 g/mol. The Morgan fingerprint density at radius 1 is 1.00 bits per heavy atom. The van der Waals surface area contributed by atoms with Gasteiger partial charge in [-0.1, -0.05) is 37.5 Å². The highest BCUT2D eigenvalue weighted by atomic mass is 19.1. The van der Waals surface area contributed by atoms with Crippen LogP contribution in [-0.4, -0.2) is 5.91 Å². The number of hydrogen-bond acceptors (Lipinski definition) is 1. The standard InChI is InChI=1S/C19H19F2NO/c20-14-10-11-18(17(21)12-14)22-19(23)16-9-5-4-8-15(16)13-6-2-1-3-7-13/h4-5,8-13H,1-3,6-7H2,(H,22,23). The van der Waals surface area contributed by atoms with Crippen LogP contribution in [0.15, 0.2) is 42.5 Å². The highest BCUT2D eigenvalue weighted by molar-refractivity contribution is 6.05. The second-order valence-electron chi connectivity index (χ2n) is 6.00. The summed E-state index contributed by atoms with van der Waals surface area (Å²) in [6, 6.07) is 10.6. The van der Waals surface area contributed by atoms with Crippen molar-refractivity contribution in [1.82, 2.24) is 0 Å². The number of carbonyl (C=O) groups is 1. The molecular formula is C19H19F2NO. The first-order valence-electron chi connectivity index (χ1n) is 8.00. The fourth-order valence-corrected chi connectivity index (χ4v) is 3.25. The molecule has 0 aliphatic heterocycles. The summed E-state index contributed by atoms with van der Waals surface area (Å²) in [5.74, 6) is -1.41. The van der Waals surface area contributed by atoms with Gasteiger partial charge in [0, 0.05) is 11.6 Å². The second kappa shape index (κ2) is 6.90. The Hall–Kier alpha value is -2.23. The van der Waals surface area contributed by atoms with Gasteiger partial charge in [-0.2, -0.15) is 0 Å². The van der Waals surface area contributed by atoms with Crippen molar-refractivity contribution < 1.29 is 13.6 Å². The molecular weight excluding hydrogens is 296 g/mol. The van der Waals surface area contributed by atoms with Crippen molar-refractivity contribution in [1.29, 1.82) is 0 Å². The Labute approximate surface area is 134 Å². The fourth-order valence-electron chi connectivity index (χ4n) is 3.25. The summed E-state index contributed by atoms with van der Waals surface area (Å²) in [5.41, 5.74) is 1.59. The summed E-state index contributed by atoms with van der Waals surface area (Å²) in [6.07, 6.45) is 5.75. The number of hydrogen-bond donors (Lipinski definition) is 1. The van der Waals surface area contributed by atoms with Gasteiger partial charge in [-0.15, -0.1) is 0 Å². The van der Waals surface area contributed by atoms with E-state index in [4.69, 9.17) is 0 Å². The number of benzene rings is 2. The highest BCUT2D eigenvalue weighted by Gasteiger charge is 2.21. The lowest BCUT2D eigenvalue weighted by Gasteiger charge is -2.24. The molecule has 0 radical (unpaired) electrons. The molecule has 0 heterocycles. The van der Waals surface area contributed by atoms with Crippen LogP contribution in [0.1, 0.15) is 53.9 Å². The molecule has 0 atom stereocenters. The smallest absolute Gasteiger partial charge is 0.256 e. The van der Waals surface area contributed by atoms with Crippen LogP contribution in [0.4, 0.5) is 14.5 Å². The molecule has 0 bridgehead atoms. The van der Waals surface area contributed by atoms with Crippen molar-refractivity contribution in [2.45, 2.75) is 38.0 Å². The topological polar surface area (TPSA) is 29.1 Å². The van der Waals surface area contributed by atoms with Gasteiger partial charge in [0.1, 0.15) is 11.6 Å². The predicted octanol–water partition coefficient (Wildman–Crippen LogP) is 5.26. The maximum Gasteiger partial charge on any atom is 0.256 e. The van der Waals surface area contributed by atoms with Gasteiger partial charge in [0.2, 0.25) is 0 Å². The Balaban J connectivity index is 1.84. The van der Waals surface area contributed by atoms with Crippen molar-refractivity contribution >= 4 is 11.6 Å². The van der Waals surface area contributed by atoms with E-state index in [-0.39, 0.29) is 11.6 Å². The van der Waals surface area contributed by atoms with E-state index < -0.39 is 11.6 Å². The molecule has 2 nitrogen and oxygen atoms in total. The Kier molecular flexibility index (Phi) is 4.70. The maximum atomic E-state index is 13.7. The van der Waals surface area contributed by atoms with E-state index in [2.05, 4.69) is 5.32 Å². The number of amides is 1. The van der Waals surface area contributed by atoms with Gasteiger partial charge >= 0.3 is 0 Å². The SMILES string of the molecule is O=C(Nc1ccc(F)cc1F)c1ccccc1C1CCCCC1. The molecule has 1 fully saturated rings. The van der Waals surface area contributed by atoms with E-state index in [1.807, 2.05) is 18.2 Å². The summed E-state index contributed by atoms with van der Waals surface area (Å²) >= 11 is 0. The average Bonchev–Trinajstić information content (AvgIpc) is 2.58. The molecule has 2 aromatic carbocycles. The molecule has 0 spiro atoms. The predicted molar refractivity (Wildman–Crippen MR) is 86.6 cm³/mol. The van der Waals surface area contributed by atoms with Crippen molar-refractivity contribution in [3.05, 3.63) is 65.2 Å². The summed E-state index contributed by atoms with van der Waals surface area (Å²) in [4.78, 5) is 12.5. The highest BCUT2D eigenvalue weighted by Crippen LogP contribution is 2.34. The largest absolute Gasteiger partial charge is 0.319 e. The molecule has 23 heavy (non-hydrogen) atoms. The lowest BCUT2D eigenvalue weighted by atomic mass is 9.82. The van der Waals surface area contributed by atoms with Crippen molar-refractivity contribution in [3.8, 4) is 0 Å². The van der Waals surface area contributed by atoms with Crippen LogP contribution in [0, 0.1) is 11.6 Å². The molecule has 1 aliphatic carbocycles. The third-order valence-corrected chi connectivity index (χ3v) is 4.43. The van der Waals surface area contributed by atoms with E-state index in [1.165, 1.54) is 25.3 Å². The summed E-state index contributed by atoms with van der Waals surface area (Å²) in [5, 5.41) is 2.55. The van der Waals surface area contributed by atoms with Crippen LogP contribution in [0.5, 0.6) is 0 Å². The van der Waals surface area contributed by atoms with Crippen LogP contribution in [0.2, 0.25) is 0 Å². The lowest BCUT2D eigenvalue weighted by molar-refractivity contribution is 0.102. The molecule has 0 aromatic heterocycles. The zero-order valence-corrected chi connectivity index (χ0v) is 12.8. The van der Waals surface area contributed by atoms with E-state index in [1.54, 1.807) is 6.07 Å². The zero-order valence-electron chi connectivity index (χ0n) is 12.8. The first-order chi connectivity index (χ1) is 11.1. The van der Waals surface area contributed by atoms with E-state index >= 15 is 0 Å². The minimum Gasteiger partial charge on any atom is -0.319 e. The molecule has 2 aromatic rings. The number of nitrogens with one attached hydrogen (secondary N) is 1. The van der Waals surface area contributed by atoms with Gasteiger partial charge in [-0.05, 0) is 42.5 Å². The summed E-state index contributed by atoms with van der Waals surface area (Å²) < 4.78 is 26.7. The minimum absolute atomic E-state index is 0.00477. The van der Waals surface area contributed by atoms with Gasteiger partial charge in [0.15, 0.2) is 0 Å². The molecule has 1 amide bonds. The van der Waals surface area contributed by atoms with Crippen LogP contribution in [0.25, 0.3) is 0 Å². The number of carbonyl (C=O) groups excluding carboxylic acids is 1. The molecule has 1 aliphatic rings. The normalized spacial score (nSPS) is 15.4. The summed E-state index contributed by atoms with van der Waals surface area (Å²) in [6.45, 7) is 0. The quantitative estimate of drug-likeness (QED) is 0.822. The number of rotatable bonds is 3. The maximum absolute atomic E-state index is 13.7. The van der Waals surface area contributed by atoms with Crippen LogP contribution in [-0.2, 0) is 0 Å². The van der Waals surface area contributed by atoms with E-state index in [0.717, 1.165) is 30.5 Å². The fraction of sp³-hybridized carbons (Fsp3) is 0.316. The Morgan fingerprint density at radius 2 is 1.74 bits per heavy atom. The molecule has 1 saturated carbocycles. The van der Waals surface area contributed by atoms with Crippen molar-refractivity contribution in [2.24, 2.45) is 0 Å². The minimum atomic E-state index is -0.770. The molecule has 4 heteroatoms. The third kappa shape index (κ3) is 3.58. The lowest BCUT2D eigenvalue weighted by Crippen LogP contribution is -2.17. The van der Waals surface area contributed by atoms with Gasteiger partial charge in [0.25, 0.3) is 5.91 Å². The molecule has 0 unspecified atom stereocenters. The molecule has 120 valence electrons. The van der Waals surface area contributed by atoms with Gasteiger partial charge in [-0.3, -0.25) is 4.79 Å². The van der Waals surface area contributed by atoms with Crippen molar-refractivity contribution in [3.63, 3.8) is 0 Å². The van der Waals surface area contributed by atoms with E-state index in [9.17, 15) is 13.6 Å². The second-order valence-corrected chi connectivity index (χ2v) is 6.00. The van der Waals surface area contributed by atoms with Crippen LogP contribution in [0.3, 0.4) is 0 Å². The van der Waals surface area contributed by atoms with E-state index in [0.29, 0.717) is 11.5 Å². The Morgan fingerprint density at radius 3 is 2.48 bits per heavy atom. The van der Waals surface area contributed by atoms with Gasteiger partial charge < -0.3 is 5.32 Å². The monoisotopic (exact) mass is 315 g/mol. The number of halogens is 2. The summed E-state index contributed by atoms with van der Waals surface area (Å²) in [7, 11) is 0. The van der Waals surface area contributed by atoms with Crippen molar-refractivity contribution in [2.75, 3.05) is 5.32 Å². The Bertz CT molecular complexity index is 708. The number of anilines is 1. The molecule has 1 N–H and O–H groups in total.